The highest BCUT2D eigenvalue weighted by Crippen LogP contribution is 2.25. The van der Waals surface area contributed by atoms with Gasteiger partial charge in [-0.3, -0.25) is 9.89 Å². The molecule has 0 radical (unpaired) electrons. The SMILES string of the molecule is CCCCCCNC(=NC)NCC(c1cccs1)N1CCOCC1.I. The molecule has 0 aliphatic carbocycles. The number of aliphatic imine (C=N–C) groups is 1. The van der Waals surface area contributed by atoms with Crippen molar-refractivity contribution in [2.45, 2.75) is 38.6 Å². The molecule has 2 rings (SSSR count). The van der Waals surface area contributed by atoms with Gasteiger partial charge in [0.1, 0.15) is 0 Å². The molecule has 2 N–H and O–H groups in total. The third-order valence-electron chi connectivity index (χ3n) is 4.37. The maximum Gasteiger partial charge on any atom is 0.191 e. The molecule has 0 spiro atoms. The normalized spacial score (nSPS) is 17.0. The highest BCUT2D eigenvalue weighted by molar-refractivity contribution is 14.0. The van der Waals surface area contributed by atoms with Crippen LogP contribution in [0, 0.1) is 0 Å². The number of halogens is 1. The van der Waals surface area contributed by atoms with Crippen molar-refractivity contribution in [2.24, 2.45) is 4.99 Å². The van der Waals surface area contributed by atoms with Gasteiger partial charge in [0.05, 0.1) is 19.3 Å². The number of ether oxygens (including phenoxy) is 1. The van der Waals surface area contributed by atoms with E-state index in [1.807, 2.05) is 18.4 Å². The Bertz CT molecular complexity index is 464. The number of guanidine groups is 1. The molecule has 0 amide bonds. The summed E-state index contributed by atoms with van der Waals surface area (Å²) in [5.74, 6) is 0.904. The molecule has 0 aromatic carbocycles. The lowest BCUT2D eigenvalue weighted by Gasteiger charge is -2.34. The summed E-state index contributed by atoms with van der Waals surface area (Å²) >= 11 is 1.83. The molecule has 5 nitrogen and oxygen atoms in total. The summed E-state index contributed by atoms with van der Waals surface area (Å²) in [6, 6.07) is 4.74. The molecule has 0 bridgehead atoms. The minimum absolute atomic E-state index is 0. The van der Waals surface area contributed by atoms with E-state index in [2.05, 4.69) is 45.0 Å². The number of nitrogens with zero attached hydrogens (tertiary/aromatic N) is 2. The van der Waals surface area contributed by atoms with Crippen LogP contribution in [0.4, 0.5) is 0 Å². The lowest BCUT2D eigenvalue weighted by Crippen LogP contribution is -2.46. The molecule has 2 heterocycles. The maximum absolute atomic E-state index is 5.50. The first-order valence-corrected chi connectivity index (χ1v) is 10.0. The Morgan fingerprint density at radius 2 is 2.08 bits per heavy atom. The summed E-state index contributed by atoms with van der Waals surface area (Å²) in [5.41, 5.74) is 0. The van der Waals surface area contributed by atoms with Crippen molar-refractivity contribution in [3.63, 3.8) is 0 Å². The zero-order valence-electron chi connectivity index (χ0n) is 15.5. The fraction of sp³-hybridized carbons (Fsp3) is 0.722. The van der Waals surface area contributed by atoms with Gasteiger partial charge in [-0.15, -0.1) is 35.3 Å². The second-order valence-corrected chi connectivity index (χ2v) is 7.10. The molecule has 1 aliphatic heterocycles. The molecule has 1 aliphatic rings. The Kier molecular flexibility index (Phi) is 12.5. The minimum atomic E-state index is 0. The van der Waals surface area contributed by atoms with Crippen LogP contribution in [-0.2, 0) is 4.74 Å². The summed E-state index contributed by atoms with van der Waals surface area (Å²) in [6.45, 7) is 7.74. The Hall–Kier alpha value is -0.380. The Balaban J connectivity index is 0.00000312. The first-order chi connectivity index (χ1) is 11.8. The molecule has 1 saturated heterocycles. The van der Waals surface area contributed by atoms with Crippen LogP contribution < -0.4 is 10.6 Å². The van der Waals surface area contributed by atoms with E-state index in [-0.39, 0.29) is 24.0 Å². The molecule has 0 saturated carbocycles. The van der Waals surface area contributed by atoms with Crippen LogP contribution in [0.2, 0.25) is 0 Å². The van der Waals surface area contributed by atoms with Gasteiger partial charge < -0.3 is 15.4 Å². The van der Waals surface area contributed by atoms with Gasteiger partial charge in [0.25, 0.3) is 0 Å². The van der Waals surface area contributed by atoms with Crippen LogP contribution >= 0.6 is 35.3 Å². The molecule has 1 aromatic heterocycles. The molecule has 1 fully saturated rings. The monoisotopic (exact) mass is 480 g/mol. The second kappa shape index (κ2) is 13.8. The highest BCUT2D eigenvalue weighted by atomic mass is 127. The zero-order valence-corrected chi connectivity index (χ0v) is 18.6. The zero-order chi connectivity index (χ0) is 17.0. The lowest BCUT2D eigenvalue weighted by molar-refractivity contribution is 0.0177. The summed E-state index contributed by atoms with van der Waals surface area (Å²) in [5, 5.41) is 9.10. The van der Waals surface area contributed by atoms with Gasteiger partial charge in [-0.1, -0.05) is 32.3 Å². The smallest absolute Gasteiger partial charge is 0.191 e. The van der Waals surface area contributed by atoms with E-state index >= 15 is 0 Å². The van der Waals surface area contributed by atoms with Crippen molar-refractivity contribution in [1.29, 1.82) is 0 Å². The summed E-state index contributed by atoms with van der Waals surface area (Å²) in [4.78, 5) is 8.28. The van der Waals surface area contributed by atoms with Gasteiger partial charge >= 0.3 is 0 Å². The van der Waals surface area contributed by atoms with Gasteiger partial charge in [0, 0.05) is 38.1 Å². The van der Waals surface area contributed by atoms with Crippen LogP contribution in [0.1, 0.15) is 43.5 Å². The van der Waals surface area contributed by atoms with E-state index in [1.54, 1.807) is 0 Å². The fourth-order valence-electron chi connectivity index (χ4n) is 2.95. The van der Waals surface area contributed by atoms with Gasteiger partial charge in [-0.05, 0) is 17.9 Å². The molecular formula is C18H33IN4OS. The van der Waals surface area contributed by atoms with Gasteiger partial charge in [0.2, 0.25) is 0 Å². The van der Waals surface area contributed by atoms with Crippen molar-refractivity contribution in [3.8, 4) is 0 Å². The summed E-state index contributed by atoms with van der Waals surface area (Å²) in [6.07, 6.45) is 5.07. The quantitative estimate of drug-likeness (QED) is 0.246. The first-order valence-electron chi connectivity index (χ1n) is 9.15. The van der Waals surface area contributed by atoms with Crippen molar-refractivity contribution < 1.29 is 4.74 Å². The summed E-state index contributed by atoms with van der Waals surface area (Å²) in [7, 11) is 1.84. The number of hydrogen-bond donors (Lipinski definition) is 2. The van der Waals surface area contributed by atoms with Crippen LogP contribution in [0.3, 0.4) is 0 Å². The fourth-order valence-corrected chi connectivity index (χ4v) is 3.81. The van der Waals surface area contributed by atoms with E-state index in [9.17, 15) is 0 Å². The minimum Gasteiger partial charge on any atom is -0.379 e. The van der Waals surface area contributed by atoms with Crippen LogP contribution in [0.15, 0.2) is 22.5 Å². The van der Waals surface area contributed by atoms with Crippen LogP contribution in [0.5, 0.6) is 0 Å². The van der Waals surface area contributed by atoms with E-state index < -0.39 is 0 Å². The van der Waals surface area contributed by atoms with Gasteiger partial charge in [-0.2, -0.15) is 0 Å². The number of nitrogens with one attached hydrogen (secondary N) is 2. The Morgan fingerprint density at radius 3 is 2.72 bits per heavy atom. The molecule has 1 unspecified atom stereocenters. The maximum atomic E-state index is 5.50. The molecule has 1 atom stereocenters. The first kappa shape index (κ1) is 22.7. The van der Waals surface area contributed by atoms with E-state index in [0.29, 0.717) is 6.04 Å². The predicted molar refractivity (Wildman–Crippen MR) is 118 cm³/mol. The highest BCUT2D eigenvalue weighted by Gasteiger charge is 2.23. The Labute approximate surface area is 173 Å². The largest absolute Gasteiger partial charge is 0.379 e. The van der Waals surface area contributed by atoms with E-state index in [0.717, 1.165) is 45.4 Å². The van der Waals surface area contributed by atoms with Crippen molar-refractivity contribution in [1.82, 2.24) is 15.5 Å². The number of hydrogen-bond acceptors (Lipinski definition) is 4. The lowest BCUT2D eigenvalue weighted by atomic mass is 10.2. The van der Waals surface area contributed by atoms with Crippen LogP contribution in [-0.4, -0.2) is 57.3 Å². The average molecular weight is 480 g/mol. The molecule has 144 valence electrons. The summed E-state index contributed by atoms with van der Waals surface area (Å²) < 4.78 is 5.50. The molecular weight excluding hydrogens is 447 g/mol. The number of morpholine rings is 1. The van der Waals surface area contributed by atoms with Crippen molar-refractivity contribution in [3.05, 3.63) is 22.4 Å². The Morgan fingerprint density at radius 1 is 1.28 bits per heavy atom. The third kappa shape index (κ3) is 8.23. The van der Waals surface area contributed by atoms with E-state index in [4.69, 9.17) is 4.74 Å². The standard InChI is InChI=1S/C18H32N4OS.HI/c1-3-4-5-6-9-20-18(19-2)21-15-16(17-8-7-14-24-17)22-10-12-23-13-11-22;/h7-8,14,16H,3-6,9-13,15H2,1-2H3,(H2,19,20,21);1H. The molecule has 1 aromatic rings. The average Bonchev–Trinajstić information content (AvgIpc) is 3.15. The number of unbranched alkanes of at least 4 members (excludes halogenated alkanes) is 3. The van der Waals surface area contributed by atoms with Gasteiger partial charge in [-0.25, -0.2) is 0 Å². The number of rotatable bonds is 9. The van der Waals surface area contributed by atoms with Crippen LogP contribution in [0.25, 0.3) is 0 Å². The number of thiophene rings is 1. The molecule has 7 heteroatoms. The topological polar surface area (TPSA) is 48.9 Å². The van der Waals surface area contributed by atoms with Gasteiger partial charge in [0.15, 0.2) is 5.96 Å². The molecule has 25 heavy (non-hydrogen) atoms. The second-order valence-electron chi connectivity index (χ2n) is 6.12. The van der Waals surface area contributed by atoms with Crippen molar-refractivity contribution >= 4 is 41.3 Å². The van der Waals surface area contributed by atoms with Crippen molar-refractivity contribution in [2.75, 3.05) is 46.4 Å². The third-order valence-corrected chi connectivity index (χ3v) is 5.34. The predicted octanol–water partition coefficient (Wildman–Crippen LogP) is 3.48. The van der Waals surface area contributed by atoms with E-state index in [1.165, 1.54) is 30.6 Å².